The minimum absolute atomic E-state index is 0.0355. The van der Waals surface area contributed by atoms with Gasteiger partial charge in [-0.1, -0.05) is 30.3 Å². The lowest BCUT2D eigenvalue weighted by atomic mass is 10.1. The van der Waals surface area contributed by atoms with Crippen molar-refractivity contribution in [2.45, 2.75) is 31.7 Å². The van der Waals surface area contributed by atoms with E-state index in [0.29, 0.717) is 12.0 Å². The fraction of sp³-hybridized carbons (Fsp3) is 0.391. The van der Waals surface area contributed by atoms with Gasteiger partial charge in [0.15, 0.2) is 0 Å². The van der Waals surface area contributed by atoms with E-state index >= 15 is 0 Å². The molecule has 2 fully saturated rings. The molecule has 28 heavy (non-hydrogen) atoms. The van der Waals surface area contributed by atoms with E-state index in [1.807, 2.05) is 42.5 Å². The maximum atomic E-state index is 12.9. The number of hydrogen-bond acceptors (Lipinski definition) is 3. The molecule has 0 unspecified atom stereocenters. The highest BCUT2D eigenvalue weighted by Gasteiger charge is 2.23. The molecule has 146 valence electrons. The lowest BCUT2D eigenvalue weighted by molar-refractivity contribution is -0.117. The van der Waals surface area contributed by atoms with E-state index < -0.39 is 0 Å². The lowest BCUT2D eigenvalue weighted by Gasteiger charge is -2.25. The van der Waals surface area contributed by atoms with Gasteiger partial charge >= 0.3 is 0 Å². The van der Waals surface area contributed by atoms with Gasteiger partial charge in [-0.25, -0.2) is 0 Å². The fourth-order valence-electron chi connectivity index (χ4n) is 4.10. The molecule has 2 aliphatic rings. The summed E-state index contributed by atoms with van der Waals surface area (Å²) in [5.41, 5.74) is 2.62. The first-order chi connectivity index (χ1) is 13.7. The Balaban J connectivity index is 1.46. The molecule has 2 aromatic carbocycles. The van der Waals surface area contributed by atoms with Gasteiger partial charge in [0.25, 0.3) is 5.91 Å². The van der Waals surface area contributed by atoms with Crippen LogP contribution in [0.1, 0.15) is 47.6 Å². The monoisotopic (exact) mass is 377 g/mol. The zero-order valence-corrected chi connectivity index (χ0v) is 16.1. The molecule has 0 bridgehead atoms. The molecule has 0 aromatic heterocycles. The molecule has 5 nitrogen and oxygen atoms in total. The van der Waals surface area contributed by atoms with E-state index in [1.54, 1.807) is 4.90 Å². The highest BCUT2D eigenvalue weighted by molar-refractivity contribution is 5.97. The van der Waals surface area contributed by atoms with Crippen LogP contribution in [-0.4, -0.2) is 42.9 Å². The van der Waals surface area contributed by atoms with Crippen LogP contribution in [0.2, 0.25) is 0 Å². The molecule has 2 aliphatic heterocycles. The SMILES string of the molecule is O=C(N[C@H](CN1CCCC1)c1ccccc1)c1ccc(N2CCCC2=O)cc1. The Labute approximate surface area is 166 Å². The number of anilines is 1. The van der Waals surface area contributed by atoms with Gasteiger partial charge in [-0.3, -0.25) is 9.59 Å². The normalized spacial score (nSPS) is 18.4. The van der Waals surface area contributed by atoms with Crippen molar-refractivity contribution in [2.24, 2.45) is 0 Å². The molecule has 0 saturated carbocycles. The maximum absolute atomic E-state index is 12.9. The third-order valence-electron chi connectivity index (χ3n) is 5.66. The summed E-state index contributed by atoms with van der Waals surface area (Å²) in [5.74, 6) is 0.0827. The summed E-state index contributed by atoms with van der Waals surface area (Å²) in [6.07, 6.45) is 3.96. The highest BCUT2D eigenvalue weighted by atomic mass is 16.2. The first-order valence-electron chi connectivity index (χ1n) is 10.2. The molecule has 2 saturated heterocycles. The van der Waals surface area contributed by atoms with Gasteiger partial charge < -0.3 is 15.1 Å². The first kappa shape index (κ1) is 18.7. The van der Waals surface area contributed by atoms with Gasteiger partial charge in [0, 0.05) is 30.8 Å². The number of hydrogen-bond donors (Lipinski definition) is 1. The lowest BCUT2D eigenvalue weighted by Crippen LogP contribution is -2.37. The summed E-state index contributed by atoms with van der Waals surface area (Å²) in [5, 5.41) is 3.21. The minimum atomic E-state index is -0.0765. The summed E-state index contributed by atoms with van der Waals surface area (Å²) >= 11 is 0. The van der Waals surface area contributed by atoms with Crippen molar-refractivity contribution in [3.8, 4) is 0 Å². The smallest absolute Gasteiger partial charge is 0.251 e. The van der Waals surface area contributed by atoms with E-state index in [2.05, 4.69) is 22.3 Å². The Morgan fingerprint density at radius 1 is 0.929 bits per heavy atom. The van der Waals surface area contributed by atoms with Gasteiger partial charge in [0.2, 0.25) is 5.91 Å². The van der Waals surface area contributed by atoms with E-state index in [4.69, 9.17) is 0 Å². The van der Waals surface area contributed by atoms with E-state index in [9.17, 15) is 9.59 Å². The predicted molar refractivity (Wildman–Crippen MR) is 110 cm³/mol. The van der Waals surface area contributed by atoms with Crippen LogP contribution in [0.5, 0.6) is 0 Å². The van der Waals surface area contributed by atoms with Crippen LogP contribution in [0.3, 0.4) is 0 Å². The number of nitrogens with zero attached hydrogens (tertiary/aromatic N) is 2. The van der Waals surface area contributed by atoms with E-state index in [0.717, 1.165) is 43.9 Å². The Morgan fingerprint density at radius 2 is 1.64 bits per heavy atom. The van der Waals surface area contributed by atoms with E-state index in [-0.39, 0.29) is 17.9 Å². The van der Waals surface area contributed by atoms with Gasteiger partial charge in [-0.05, 0) is 62.2 Å². The molecular formula is C23H27N3O2. The Hall–Kier alpha value is -2.66. The number of rotatable bonds is 6. The van der Waals surface area contributed by atoms with Crippen molar-refractivity contribution >= 4 is 17.5 Å². The molecule has 0 spiro atoms. The minimum Gasteiger partial charge on any atom is -0.344 e. The van der Waals surface area contributed by atoms with Crippen molar-refractivity contribution in [3.63, 3.8) is 0 Å². The molecule has 1 N–H and O–H groups in total. The van der Waals surface area contributed by atoms with Crippen molar-refractivity contribution in [2.75, 3.05) is 31.1 Å². The van der Waals surface area contributed by atoms with E-state index in [1.165, 1.54) is 12.8 Å². The standard InChI is InChI=1S/C23H27N3O2/c27-22-9-6-16-26(22)20-12-10-19(11-13-20)23(28)24-21(17-25-14-4-5-15-25)18-7-2-1-3-8-18/h1-3,7-8,10-13,21H,4-6,9,14-17H2,(H,24,28)/t21-/m1/s1. The van der Waals surface area contributed by atoms with Crippen LogP contribution in [0, 0.1) is 0 Å². The molecule has 2 amide bonds. The molecule has 1 atom stereocenters. The zero-order chi connectivity index (χ0) is 19.3. The number of carbonyl (C=O) groups excluding carboxylic acids is 2. The van der Waals surface area contributed by atoms with Crippen molar-refractivity contribution in [1.82, 2.24) is 10.2 Å². The molecule has 0 radical (unpaired) electrons. The highest BCUT2D eigenvalue weighted by Crippen LogP contribution is 2.22. The topological polar surface area (TPSA) is 52.7 Å². The van der Waals surface area contributed by atoms with Gasteiger partial charge in [-0.15, -0.1) is 0 Å². The molecular weight excluding hydrogens is 350 g/mol. The molecule has 5 heteroatoms. The Bertz CT molecular complexity index is 814. The number of benzene rings is 2. The molecule has 4 rings (SSSR count). The number of nitrogens with one attached hydrogen (secondary N) is 1. The van der Waals surface area contributed by atoms with Crippen molar-refractivity contribution in [3.05, 3.63) is 65.7 Å². The second-order valence-electron chi connectivity index (χ2n) is 7.64. The second kappa shape index (κ2) is 8.57. The van der Waals surface area contributed by atoms with Crippen LogP contribution in [-0.2, 0) is 4.79 Å². The van der Waals surface area contributed by atoms with Gasteiger partial charge in [-0.2, -0.15) is 0 Å². The van der Waals surface area contributed by atoms with Gasteiger partial charge in [0.1, 0.15) is 0 Å². The summed E-state index contributed by atoms with van der Waals surface area (Å²) in [4.78, 5) is 29.0. The van der Waals surface area contributed by atoms with Crippen molar-refractivity contribution in [1.29, 1.82) is 0 Å². The Morgan fingerprint density at radius 3 is 2.29 bits per heavy atom. The largest absolute Gasteiger partial charge is 0.344 e. The third-order valence-corrected chi connectivity index (χ3v) is 5.66. The van der Waals surface area contributed by atoms with Crippen LogP contribution < -0.4 is 10.2 Å². The summed E-state index contributed by atoms with van der Waals surface area (Å²) in [6.45, 7) is 3.78. The maximum Gasteiger partial charge on any atom is 0.251 e. The first-order valence-corrected chi connectivity index (χ1v) is 10.2. The second-order valence-corrected chi connectivity index (χ2v) is 7.64. The van der Waals surface area contributed by atoms with Crippen molar-refractivity contribution < 1.29 is 9.59 Å². The van der Waals surface area contributed by atoms with Gasteiger partial charge in [0.05, 0.1) is 6.04 Å². The summed E-state index contributed by atoms with van der Waals surface area (Å²) < 4.78 is 0. The number of carbonyl (C=O) groups is 2. The van der Waals surface area contributed by atoms with Crippen LogP contribution in [0.4, 0.5) is 5.69 Å². The molecule has 0 aliphatic carbocycles. The fourth-order valence-corrected chi connectivity index (χ4v) is 4.10. The van der Waals surface area contributed by atoms with Crippen LogP contribution >= 0.6 is 0 Å². The van der Waals surface area contributed by atoms with Crippen LogP contribution in [0.15, 0.2) is 54.6 Å². The number of likely N-dealkylation sites (tertiary alicyclic amines) is 1. The average molecular weight is 377 g/mol. The molecule has 2 heterocycles. The average Bonchev–Trinajstić information content (AvgIpc) is 3.40. The molecule has 2 aromatic rings. The number of amides is 2. The zero-order valence-electron chi connectivity index (χ0n) is 16.1. The summed E-state index contributed by atoms with van der Waals surface area (Å²) in [7, 11) is 0. The predicted octanol–water partition coefficient (Wildman–Crippen LogP) is 3.38. The van der Waals surface area contributed by atoms with Crippen LogP contribution in [0.25, 0.3) is 0 Å². The Kier molecular flexibility index (Phi) is 5.72. The third kappa shape index (κ3) is 4.25. The quantitative estimate of drug-likeness (QED) is 0.840. The summed E-state index contributed by atoms with van der Waals surface area (Å²) in [6, 6.07) is 17.5.